The maximum Gasteiger partial charge on any atom is 0.420 e. The molecule has 1 aromatic rings. The maximum absolute atomic E-state index is 13.1. The van der Waals surface area contributed by atoms with Crippen LogP contribution in [0.2, 0.25) is 0 Å². The van der Waals surface area contributed by atoms with Crippen molar-refractivity contribution in [2.45, 2.75) is 98.0 Å². The number of amides is 4. The van der Waals surface area contributed by atoms with Crippen molar-refractivity contribution in [2.75, 3.05) is 5.32 Å². The van der Waals surface area contributed by atoms with E-state index in [2.05, 4.69) is 15.8 Å². The van der Waals surface area contributed by atoms with Gasteiger partial charge in [-0.25, -0.2) is 24.6 Å². The number of nitrogens with one attached hydrogen (secondary N) is 2. The zero-order valence-corrected chi connectivity index (χ0v) is 23.2. The number of rotatable bonds is 7. The van der Waals surface area contributed by atoms with Crippen molar-refractivity contribution in [3.8, 4) is 0 Å². The fourth-order valence-corrected chi connectivity index (χ4v) is 2.76. The molecular weight excluding hydrogens is 480 g/mol. The summed E-state index contributed by atoms with van der Waals surface area (Å²) < 4.78 is 16.3. The van der Waals surface area contributed by atoms with E-state index < -0.39 is 47.0 Å². The smallest absolute Gasteiger partial charge is 0.420 e. The van der Waals surface area contributed by atoms with E-state index in [0.29, 0.717) is 10.6 Å². The molecule has 11 nitrogen and oxygen atoms in total. The number of carbonyl (C=O) groups is 4. The molecule has 0 spiro atoms. The number of carbonyl (C=O) groups excluding carboxylic acids is 4. The molecule has 0 saturated carbocycles. The van der Waals surface area contributed by atoms with Gasteiger partial charge in [0.05, 0.1) is 0 Å². The lowest BCUT2D eigenvalue weighted by Crippen LogP contribution is -2.53. The van der Waals surface area contributed by atoms with Gasteiger partial charge >= 0.3 is 24.2 Å². The van der Waals surface area contributed by atoms with E-state index in [1.54, 1.807) is 86.6 Å². The Kier molecular flexibility index (Phi) is 11.1. The molecule has 2 N–H and O–H groups in total. The number of anilines is 1. The number of hydrazone groups is 1. The summed E-state index contributed by atoms with van der Waals surface area (Å²) in [6.07, 6.45) is -0.689. The summed E-state index contributed by atoms with van der Waals surface area (Å²) in [4.78, 5) is 51.8. The molecule has 1 atom stereocenters. The summed E-state index contributed by atoms with van der Waals surface area (Å²) >= 11 is 0. The molecule has 0 heterocycles. The van der Waals surface area contributed by atoms with Crippen LogP contribution in [0.25, 0.3) is 0 Å². The van der Waals surface area contributed by atoms with Crippen LogP contribution in [0.15, 0.2) is 35.4 Å². The van der Waals surface area contributed by atoms with Gasteiger partial charge in [-0.05, 0) is 87.3 Å². The first-order chi connectivity index (χ1) is 16.9. The van der Waals surface area contributed by atoms with Crippen LogP contribution in [0.5, 0.6) is 0 Å². The van der Waals surface area contributed by atoms with Crippen LogP contribution in [-0.2, 0) is 19.0 Å². The van der Waals surface area contributed by atoms with E-state index in [0.717, 1.165) is 0 Å². The Balaban J connectivity index is 3.07. The first-order valence-corrected chi connectivity index (χ1v) is 12.0. The van der Waals surface area contributed by atoms with E-state index in [1.165, 1.54) is 6.21 Å². The molecule has 206 valence electrons. The topological polar surface area (TPSA) is 136 Å². The number of hydrogen-bond donors (Lipinski definition) is 2. The standard InChI is InChI=1S/C26H40N4O7/c1-24(2,3)35-20(31)19(16-13-17-27-29-21(32)28-18-14-11-10-12-15-18)30(22(33)36-25(4,5)6)23(34)37-26(7,8)9/h10-12,14-15,17,19H,13,16H2,1-9H3,(H2,28,29,32)/b27-17-/t19-/m0/s1. The van der Waals surface area contributed by atoms with Crippen molar-refractivity contribution in [2.24, 2.45) is 5.10 Å². The molecule has 4 amide bonds. The van der Waals surface area contributed by atoms with Crippen LogP contribution in [0.4, 0.5) is 20.1 Å². The summed E-state index contributed by atoms with van der Waals surface area (Å²) in [7, 11) is 0. The Morgan fingerprint density at radius 1 is 0.838 bits per heavy atom. The molecule has 0 aliphatic carbocycles. The zero-order chi connectivity index (χ0) is 28.4. The zero-order valence-electron chi connectivity index (χ0n) is 23.2. The monoisotopic (exact) mass is 520 g/mol. The number of hydrogen-bond acceptors (Lipinski definition) is 8. The van der Waals surface area contributed by atoms with Gasteiger partial charge in [0, 0.05) is 11.9 Å². The van der Waals surface area contributed by atoms with Gasteiger partial charge in [0.1, 0.15) is 22.8 Å². The van der Waals surface area contributed by atoms with Crippen molar-refractivity contribution < 1.29 is 33.4 Å². The minimum atomic E-state index is -1.37. The van der Waals surface area contributed by atoms with Crippen LogP contribution in [-0.4, -0.2) is 58.1 Å². The fourth-order valence-electron chi connectivity index (χ4n) is 2.76. The lowest BCUT2D eigenvalue weighted by atomic mass is 10.1. The molecule has 0 saturated heterocycles. The Hall–Kier alpha value is -3.63. The number of benzene rings is 1. The number of imide groups is 1. The van der Waals surface area contributed by atoms with Crippen molar-refractivity contribution in [1.82, 2.24) is 10.3 Å². The third-order valence-corrected chi connectivity index (χ3v) is 4.03. The van der Waals surface area contributed by atoms with Crippen molar-refractivity contribution in [3.05, 3.63) is 30.3 Å². The predicted molar refractivity (Wildman–Crippen MR) is 140 cm³/mol. The van der Waals surface area contributed by atoms with E-state index in [4.69, 9.17) is 14.2 Å². The third-order valence-electron chi connectivity index (χ3n) is 4.03. The molecule has 0 aliphatic rings. The number of ether oxygens (including phenoxy) is 3. The minimum Gasteiger partial charge on any atom is -0.458 e. The van der Waals surface area contributed by atoms with Gasteiger partial charge in [-0.3, -0.25) is 0 Å². The Bertz CT molecular complexity index is 930. The highest BCUT2D eigenvalue weighted by molar-refractivity contribution is 5.94. The number of nitrogens with zero attached hydrogens (tertiary/aromatic N) is 2. The first kappa shape index (κ1) is 31.4. The second-order valence-corrected chi connectivity index (χ2v) is 11.2. The van der Waals surface area contributed by atoms with E-state index in [1.807, 2.05) is 6.07 Å². The average Bonchev–Trinajstić information content (AvgIpc) is 2.69. The maximum atomic E-state index is 13.1. The van der Waals surface area contributed by atoms with E-state index in [-0.39, 0.29) is 12.8 Å². The van der Waals surface area contributed by atoms with Gasteiger partial charge in [0.2, 0.25) is 0 Å². The lowest BCUT2D eigenvalue weighted by molar-refractivity contribution is -0.161. The largest absolute Gasteiger partial charge is 0.458 e. The molecule has 1 aromatic carbocycles. The van der Waals surface area contributed by atoms with E-state index >= 15 is 0 Å². The SMILES string of the molecule is CC(C)(C)OC(=O)[C@H](CC/C=N\NC(=O)Nc1ccccc1)N(C(=O)OC(C)(C)C)C(=O)OC(C)(C)C. The van der Waals surface area contributed by atoms with Crippen molar-refractivity contribution in [1.29, 1.82) is 0 Å². The average molecular weight is 521 g/mol. The molecule has 37 heavy (non-hydrogen) atoms. The third kappa shape index (κ3) is 13.3. The molecule has 0 bridgehead atoms. The molecule has 0 aliphatic heterocycles. The number of esters is 1. The van der Waals surface area contributed by atoms with Gasteiger partial charge in [-0.15, -0.1) is 0 Å². The van der Waals surface area contributed by atoms with Gasteiger partial charge in [-0.2, -0.15) is 10.0 Å². The van der Waals surface area contributed by atoms with Gasteiger partial charge in [-0.1, -0.05) is 18.2 Å². The lowest BCUT2D eigenvalue weighted by Gasteiger charge is -2.33. The fraction of sp³-hybridized carbons (Fsp3) is 0.577. The molecule has 0 fully saturated rings. The summed E-state index contributed by atoms with van der Waals surface area (Å²) in [5, 5.41) is 6.46. The predicted octanol–water partition coefficient (Wildman–Crippen LogP) is 5.46. The van der Waals surface area contributed by atoms with Crippen LogP contribution >= 0.6 is 0 Å². The molecule has 0 unspecified atom stereocenters. The Morgan fingerprint density at radius 3 is 1.78 bits per heavy atom. The highest BCUT2D eigenvalue weighted by Gasteiger charge is 2.41. The van der Waals surface area contributed by atoms with Crippen LogP contribution in [0.1, 0.15) is 75.2 Å². The summed E-state index contributed by atoms with van der Waals surface area (Å²) in [6, 6.07) is 6.88. The van der Waals surface area contributed by atoms with Crippen LogP contribution < -0.4 is 10.7 Å². The minimum absolute atomic E-state index is 0.0567. The first-order valence-electron chi connectivity index (χ1n) is 12.0. The second kappa shape index (κ2) is 13.1. The number of urea groups is 1. The Morgan fingerprint density at radius 2 is 1.32 bits per heavy atom. The summed E-state index contributed by atoms with van der Waals surface area (Å²) in [5.41, 5.74) is 0.149. The van der Waals surface area contributed by atoms with Gasteiger partial charge in [0.25, 0.3) is 0 Å². The second-order valence-electron chi connectivity index (χ2n) is 11.2. The molecule has 1 rings (SSSR count). The van der Waals surface area contributed by atoms with Crippen molar-refractivity contribution >= 4 is 36.1 Å². The number of para-hydroxylation sites is 1. The van der Waals surface area contributed by atoms with Crippen LogP contribution in [0, 0.1) is 0 Å². The molecule has 0 radical (unpaired) electrons. The summed E-state index contributed by atoms with van der Waals surface area (Å²) in [6.45, 7) is 14.8. The Labute approximate surface area is 218 Å². The summed E-state index contributed by atoms with van der Waals surface area (Å²) in [5.74, 6) is -0.813. The molecular formula is C26H40N4O7. The molecule has 11 heteroatoms. The normalized spacial score (nSPS) is 12.9. The quantitative estimate of drug-likeness (QED) is 0.211. The highest BCUT2D eigenvalue weighted by atomic mass is 16.6. The van der Waals surface area contributed by atoms with Crippen molar-refractivity contribution in [3.63, 3.8) is 0 Å². The van der Waals surface area contributed by atoms with E-state index in [9.17, 15) is 19.2 Å². The van der Waals surface area contributed by atoms with Gasteiger partial charge < -0.3 is 19.5 Å². The highest BCUT2D eigenvalue weighted by Crippen LogP contribution is 2.21. The molecule has 0 aromatic heterocycles. The van der Waals surface area contributed by atoms with Gasteiger partial charge in [0.15, 0.2) is 0 Å². The van der Waals surface area contributed by atoms with Crippen LogP contribution in [0.3, 0.4) is 0 Å².